The largest absolute Gasteiger partial charge is 0.341 e. The first-order valence-electron chi connectivity index (χ1n) is 8.94. The number of hydrogen-bond donors (Lipinski definition) is 1. The summed E-state index contributed by atoms with van der Waals surface area (Å²) < 4.78 is 40.7. The average Bonchev–Trinajstić information content (AvgIpc) is 2.66. The van der Waals surface area contributed by atoms with Gasteiger partial charge in [0.1, 0.15) is 8.46 Å². The van der Waals surface area contributed by atoms with E-state index in [2.05, 4.69) is 0 Å². The summed E-state index contributed by atoms with van der Waals surface area (Å²) in [6.45, 7) is 7.25. The zero-order valence-electron chi connectivity index (χ0n) is 16.5. The van der Waals surface area contributed by atoms with Crippen molar-refractivity contribution in [2.45, 2.75) is 51.9 Å². The fraction of sp³-hybridized carbons (Fsp3) is 0.556. The normalized spacial score (nSPS) is 15.1. The minimum atomic E-state index is -4.03. The minimum Gasteiger partial charge on any atom is -0.341 e. The van der Waals surface area contributed by atoms with Crippen LogP contribution in [0.5, 0.6) is 0 Å². The lowest BCUT2D eigenvalue weighted by Gasteiger charge is -2.30. The van der Waals surface area contributed by atoms with Crippen molar-refractivity contribution < 1.29 is 28.0 Å². The quantitative estimate of drug-likeness (QED) is 0.415. The van der Waals surface area contributed by atoms with Gasteiger partial charge in [-0.05, 0) is 44.9 Å². The van der Waals surface area contributed by atoms with E-state index in [0.29, 0.717) is 6.42 Å². The maximum absolute atomic E-state index is 12.4. The van der Waals surface area contributed by atoms with Crippen LogP contribution in [0.15, 0.2) is 12.1 Å². The fourth-order valence-corrected chi connectivity index (χ4v) is 4.94. The molecule has 1 N–H and O–H groups in total. The van der Waals surface area contributed by atoms with Crippen LogP contribution in [0.25, 0.3) is 0 Å². The lowest BCUT2D eigenvalue weighted by molar-refractivity contribution is -0.176. The molecule has 1 rings (SSSR count). The molecular weight excluding hydrogens is 402 g/mol. The van der Waals surface area contributed by atoms with Crippen molar-refractivity contribution in [2.24, 2.45) is 0 Å². The fourth-order valence-electron chi connectivity index (χ4n) is 2.63. The van der Waals surface area contributed by atoms with Gasteiger partial charge in [-0.15, -0.1) is 0 Å². The van der Waals surface area contributed by atoms with E-state index < -0.39 is 33.8 Å². The van der Waals surface area contributed by atoms with Crippen molar-refractivity contribution in [3.8, 4) is 12.1 Å². The van der Waals surface area contributed by atoms with E-state index in [1.807, 2.05) is 19.1 Å². The molecule has 1 aromatic rings. The van der Waals surface area contributed by atoms with Gasteiger partial charge < -0.3 is 23.5 Å². The number of ether oxygens (including phenoxy) is 2. The van der Waals surface area contributed by atoms with E-state index >= 15 is 0 Å². The summed E-state index contributed by atoms with van der Waals surface area (Å²) in [6.07, 6.45) is -0.297. The van der Waals surface area contributed by atoms with Crippen LogP contribution < -0.4 is 0 Å². The lowest BCUT2D eigenvalue weighted by Crippen LogP contribution is -2.28. The molecular formula is C18H26N2O6P2. The van der Waals surface area contributed by atoms with Gasteiger partial charge in [-0.2, -0.15) is 10.5 Å². The van der Waals surface area contributed by atoms with Crippen LogP contribution in [0, 0.1) is 22.7 Å². The molecule has 0 aliphatic carbocycles. The van der Waals surface area contributed by atoms with Gasteiger partial charge in [-0.25, -0.2) is 0 Å². The lowest BCUT2D eigenvalue weighted by atomic mass is 9.99. The standard InChI is InChI=1S/C18H26N2O6P2/c1-5-13(4)26-28(22,23)12-16-8-15(11-20)17(9-14(16)10-19)18(27-21,24-6-2)25-7-3/h8-9,13H,5-7,12,27H2,1-4H3,(H,22,23). The van der Waals surface area contributed by atoms with Crippen LogP contribution in [0.3, 0.4) is 0 Å². The molecule has 0 aliphatic heterocycles. The maximum Gasteiger partial charge on any atom is 0.332 e. The zero-order valence-corrected chi connectivity index (χ0v) is 18.5. The van der Waals surface area contributed by atoms with Gasteiger partial charge in [0.05, 0.1) is 35.5 Å². The minimum absolute atomic E-state index is 0.0581. The highest BCUT2D eigenvalue weighted by atomic mass is 31.2. The van der Waals surface area contributed by atoms with Gasteiger partial charge in [-0.1, -0.05) is 6.92 Å². The van der Waals surface area contributed by atoms with Gasteiger partial charge in [0.25, 0.3) is 0 Å². The van der Waals surface area contributed by atoms with Crippen molar-refractivity contribution in [3.63, 3.8) is 0 Å². The molecule has 1 aromatic carbocycles. The predicted molar refractivity (Wildman–Crippen MR) is 106 cm³/mol. The molecule has 154 valence electrons. The molecule has 3 atom stereocenters. The number of nitriles is 2. The van der Waals surface area contributed by atoms with Gasteiger partial charge in [0, 0.05) is 18.8 Å². The molecule has 0 amide bonds. The second kappa shape index (κ2) is 10.9. The van der Waals surface area contributed by atoms with E-state index in [1.165, 1.54) is 12.1 Å². The molecule has 3 unspecified atom stereocenters. The third-order valence-corrected chi connectivity index (χ3v) is 6.41. The Hall–Kier alpha value is -1.50. The van der Waals surface area contributed by atoms with Crippen molar-refractivity contribution in [1.29, 1.82) is 10.5 Å². The molecule has 0 radical (unpaired) electrons. The molecule has 0 saturated heterocycles. The predicted octanol–water partition coefficient (Wildman–Crippen LogP) is 3.87. The number of benzene rings is 1. The Labute approximate surface area is 166 Å². The molecule has 0 saturated carbocycles. The van der Waals surface area contributed by atoms with Crippen LogP contribution >= 0.6 is 16.1 Å². The van der Waals surface area contributed by atoms with Gasteiger partial charge in [-0.3, -0.25) is 4.57 Å². The Bertz CT molecular complexity index is 825. The summed E-state index contributed by atoms with van der Waals surface area (Å²) in [7, 11) is -5.67. The van der Waals surface area contributed by atoms with Gasteiger partial charge in [0.15, 0.2) is 0 Å². The SMILES string of the molecule is CCOC(OCC)([PH2]=O)c1cc(C#N)c(CP(=O)(O)OC(C)CC)cc1C#N. The van der Waals surface area contributed by atoms with E-state index in [1.54, 1.807) is 20.8 Å². The van der Waals surface area contributed by atoms with Gasteiger partial charge >= 0.3 is 7.60 Å². The number of nitrogens with zero attached hydrogens (tertiary/aromatic N) is 2. The van der Waals surface area contributed by atoms with E-state index in [-0.39, 0.29) is 35.5 Å². The summed E-state index contributed by atoms with van der Waals surface area (Å²) in [6, 6.07) is 6.60. The van der Waals surface area contributed by atoms with Crippen molar-refractivity contribution in [2.75, 3.05) is 13.2 Å². The van der Waals surface area contributed by atoms with E-state index in [4.69, 9.17) is 14.0 Å². The molecule has 0 bridgehead atoms. The zero-order chi connectivity index (χ0) is 21.4. The second-order valence-corrected chi connectivity index (χ2v) is 8.85. The first kappa shape index (κ1) is 24.5. The molecule has 0 aliphatic rings. The Balaban J connectivity index is 3.52. The van der Waals surface area contributed by atoms with Crippen LogP contribution in [-0.2, 0) is 34.8 Å². The topological polar surface area (TPSA) is 130 Å². The number of hydrogen-bond acceptors (Lipinski definition) is 7. The Kier molecular flexibility index (Phi) is 9.54. The highest BCUT2D eigenvalue weighted by molar-refractivity contribution is 7.52. The Morgan fingerprint density at radius 2 is 1.75 bits per heavy atom. The van der Waals surface area contributed by atoms with Gasteiger partial charge in [0.2, 0.25) is 5.53 Å². The molecule has 10 heteroatoms. The van der Waals surface area contributed by atoms with Crippen molar-refractivity contribution in [1.82, 2.24) is 0 Å². The van der Waals surface area contributed by atoms with Crippen molar-refractivity contribution >= 4 is 16.1 Å². The average molecular weight is 428 g/mol. The molecule has 28 heavy (non-hydrogen) atoms. The molecule has 0 spiro atoms. The molecule has 0 aromatic heterocycles. The molecule has 8 nitrogen and oxygen atoms in total. The molecule has 0 fully saturated rings. The summed E-state index contributed by atoms with van der Waals surface area (Å²) in [5.74, 6) is 0. The van der Waals surface area contributed by atoms with E-state index in [0.717, 1.165) is 0 Å². The van der Waals surface area contributed by atoms with Crippen molar-refractivity contribution in [3.05, 3.63) is 34.4 Å². The second-order valence-electron chi connectivity index (χ2n) is 6.05. The van der Waals surface area contributed by atoms with Crippen LogP contribution in [-0.4, -0.2) is 24.2 Å². The van der Waals surface area contributed by atoms with Crippen LogP contribution in [0.2, 0.25) is 0 Å². The highest BCUT2D eigenvalue weighted by Crippen LogP contribution is 2.49. The Morgan fingerprint density at radius 3 is 2.18 bits per heavy atom. The Morgan fingerprint density at radius 1 is 1.18 bits per heavy atom. The van der Waals surface area contributed by atoms with Crippen LogP contribution in [0.4, 0.5) is 0 Å². The third kappa shape index (κ3) is 6.00. The first-order valence-corrected chi connectivity index (χ1v) is 11.8. The summed E-state index contributed by atoms with van der Waals surface area (Å²) in [5.41, 5.74) is -1.15. The summed E-state index contributed by atoms with van der Waals surface area (Å²) >= 11 is 0. The summed E-state index contributed by atoms with van der Waals surface area (Å²) in [4.78, 5) is 10.1. The number of rotatable bonds is 11. The third-order valence-electron chi connectivity index (χ3n) is 4.02. The summed E-state index contributed by atoms with van der Waals surface area (Å²) in [5, 5.41) is 19.1. The highest BCUT2D eigenvalue weighted by Gasteiger charge is 2.37. The maximum atomic E-state index is 12.4. The monoisotopic (exact) mass is 428 g/mol. The van der Waals surface area contributed by atoms with E-state index in [9.17, 15) is 24.5 Å². The molecule has 0 heterocycles. The smallest absolute Gasteiger partial charge is 0.332 e. The van der Waals surface area contributed by atoms with Crippen LogP contribution in [0.1, 0.15) is 56.4 Å². The first-order chi connectivity index (χ1) is 13.2.